The molecule has 0 spiro atoms. The molecule has 7 heteroatoms. The van der Waals surface area contributed by atoms with Crippen molar-refractivity contribution in [2.24, 2.45) is 10.9 Å². The second kappa shape index (κ2) is 15.6. The molecule has 0 unspecified atom stereocenters. The van der Waals surface area contributed by atoms with Crippen LogP contribution in [0, 0.1) is 5.92 Å². The smallest absolute Gasteiger partial charge is 0.190 e. The number of hydrogen-bond acceptors (Lipinski definition) is 5. The summed E-state index contributed by atoms with van der Waals surface area (Å²) < 4.78 is 21.4. The highest BCUT2D eigenvalue weighted by molar-refractivity contribution is 5.79. The van der Waals surface area contributed by atoms with Crippen LogP contribution in [0.5, 0.6) is 0 Å². The van der Waals surface area contributed by atoms with Crippen molar-refractivity contribution >= 4 is 5.96 Å². The molecule has 1 aliphatic rings. The highest BCUT2D eigenvalue weighted by atomic mass is 16.5. The molecule has 0 atom stereocenters. The van der Waals surface area contributed by atoms with E-state index in [-0.39, 0.29) is 0 Å². The third-order valence-electron chi connectivity index (χ3n) is 3.87. The SMILES string of the molecule is CN=C(NCCCOCCOC)NCCCOCC1CCOCC1. The van der Waals surface area contributed by atoms with E-state index in [1.165, 1.54) is 0 Å². The van der Waals surface area contributed by atoms with Crippen molar-refractivity contribution in [2.45, 2.75) is 25.7 Å². The van der Waals surface area contributed by atoms with E-state index in [0.29, 0.717) is 19.1 Å². The molecule has 0 bridgehead atoms. The van der Waals surface area contributed by atoms with E-state index < -0.39 is 0 Å². The molecular weight excluding hydrogens is 310 g/mol. The lowest BCUT2D eigenvalue weighted by molar-refractivity contribution is 0.0203. The van der Waals surface area contributed by atoms with Gasteiger partial charge in [0, 0.05) is 60.3 Å². The molecule has 0 amide bonds. The van der Waals surface area contributed by atoms with Gasteiger partial charge in [0.1, 0.15) is 0 Å². The molecular formula is C17H35N3O4. The molecule has 24 heavy (non-hydrogen) atoms. The number of rotatable bonds is 13. The van der Waals surface area contributed by atoms with Crippen LogP contribution in [0.2, 0.25) is 0 Å². The molecule has 2 N–H and O–H groups in total. The Kier molecular flexibility index (Phi) is 13.8. The lowest BCUT2D eigenvalue weighted by Crippen LogP contribution is -2.38. The van der Waals surface area contributed by atoms with Gasteiger partial charge >= 0.3 is 0 Å². The molecule has 0 aromatic heterocycles. The molecule has 1 saturated heterocycles. The lowest BCUT2D eigenvalue weighted by Gasteiger charge is -2.21. The molecule has 0 aliphatic carbocycles. The summed E-state index contributed by atoms with van der Waals surface area (Å²) in [6, 6.07) is 0. The van der Waals surface area contributed by atoms with Crippen molar-refractivity contribution in [1.82, 2.24) is 10.6 Å². The topological polar surface area (TPSA) is 73.3 Å². The number of methoxy groups -OCH3 is 1. The van der Waals surface area contributed by atoms with Crippen LogP contribution in [0.3, 0.4) is 0 Å². The van der Waals surface area contributed by atoms with E-state index in [4.69, 9.17) is 18.9 Å². The van der Waals surface area contributed by atoms with Gasteiger partial charge in [-0.15, -0.1) is 0 Å². The number of nitrogens with zero attached hydrogens (tertiary/aromatic N) is 1. The maximum atomic E-state index is 5.75. The van der Waals surface area contributed by atoms with Crippen LogP contribution in [-0.2, 0) is 18.9 Å². The molecule has 7 nitrogen and oxygen atoms in total. The fourth-order valence-corrected chi connectivity index (χ4v) is 2.39. The highest BCUT2D eigenvalue weighted by Gasteiger charge is 2.13. The number of ether oxygens (including phenoxy) is 4. The summed E-state index contributed by atoms with van der Waals surface area (Å²) in [4.78, 5) is 4.21. The van der Waals surface area contributed by atoms with Gasteiger partial charge in [-0.05, 0) is 31.6 Å². The number of guanidine groups is 1. The summed E-state index contributed by atoms with van der Waals surface area (Å²) in [6.07, 6.45) is 4.18. The first kappa shape index (κ1) is 21.2. The van der Waals surface area contributed by atoms with Crippen molar-refractivity contribution < 1.29 is 18.9 Å². The molecule has 0 radical (unpaired) electrons. The zero-order valence-corrected chi connectivity index (χ0v) is 15.3. The van der Waals surface area contributed by atoms with Crippen LogP contribution in [0.4, 0.5) is 0 Å². The van der Waals surface area contributed by atoms with E-state index in [0.717, 1.165) is 77.8 Å². The summed E-state index contributed by atoms with van der Waals surface area (Å²) in [5.74, 6) is 1.50. The monoisotopic (exact) mass is 345 g/mol. The molecule has 0 saturated carbocycles. The third-order valence-corrected chi connectivity index (χ3v) is 3.87. The van der Waals surface area contributed by atoms with Crippen LogP contribution < -0.4 is 10.6 Å². The van der Waals surface area contributed by atoms with Crippen LogP contribution >= 0.6 is 0 Å². The quantitative estimate of drug-likeness (QED) is 0.295. The van der Waals surface area contributed by atoms with Gasteiger partial charge in [0.05, 0.1) is 13.2 Å². The van der Waals surface area contributed by atoms with Gasteiger partial charge in [-0.1, -0.05) is 0 Å². The van der Waals surface area contributed by atoms with E-state index in [1.807, 2.05) is 0 Å². The van der Waals surface area contributed by atoms with Crippen molar-refractivity contribution in [3.05, 3.63) is 0 Å². The third kappa shape index (κ3) is 11.6. The first-order chi connectivity index (χ1) is 11.9. The second-order valence-corrected chi connectivity index (χ2v) is 5.87. The van der Waals surface area contributed by atoms with Gasteiger partial charge in [-0.25, -0.2) is 0 Å². The van der Waals surface area contributed by atoms with E-state index >= 15 is 0 Å². The van der Waals surface area contributed by atoms with Crippen LogP contribution in [-0.4, -0.2) is 79.5 Å². The predicted octanol–water partition coefficient (Wildman–Crippen LogP) is 1.04. The van der Waals surface area contributed by atoms with Gasteiger partial charge in [-0.2, -0.15) is 0 Å². The fourth-order valence-electron chi connectivity index (χ4n) is 2.39. The summed E-state index contributed by atoms with van der Waals surface area (Å²) in [5.41, 5.74) is 0. The van der Waals surface area contributed by atoms with Crippen molar-refractivity contribution in [3.8, 4) is 0 Å². The Labute approximate surface area is 146 Å². The van der Waals surface area contributed by atoms with Crippen LogP contribution in [0.15, 0.2) is 4.99 Å². The molecule has 1 heterocycles. The number of nitrogens with one attached hydrogen (secondary N) is 2. The molecule has 1 rings (SSSR count). The van der Waals surface area contributed by atoms with Crippen LogP contribution in [0.25, 0.3) is 0 Å². The highest BCUT2D eigenvalue weighted by Crippen LogP contribution is 2.14. The zero-order valence-electron chi connectivity index (χ0n) is 15.3. The Hall–Kier alpha value is -0.890. The summed E-state index contributed by atoms with van der Waals surface area (Å²) in [6.45, 7) is 7.14. The van der Waals surface area contributed by atoms with E-state index in [9.17, 15) is 0 Å². The molecule has 0 aromatic carbocycles. The second-order valence-electron chi connectivity index (χ2n) is 5.87. The lowest BCUT2D eigenvalue weighted by atomic mass is 10.0. The fraction of sp³-hybridized carbons (Fsp3) is 0.941. The minimum atomic E-state index is 0.646. The summed E-state index contributed by atoms with van der Waals surface area (Å²) in [7, 11) is 3.46. The normalized spacial score (nSPS) is 16.3. The first-order valence-electron chi connectivity index (χ1n) is 9.03. The molecule has 1 aliphatic heterocycles. The predicted molar refractivity (Wildman–Crippen MR) is 95.7 cm³/mol. The zero-order chi connectivity index (χ0) is 17.3. The Bertz CT molecular complexity index is 310. The maximum absolute atomic E-state index is 5.75. The maximum Gasteiger partial charge on any atom is 0.190 e. The van der Waals surface area contributed by atoms with Gasteiger partial charge in [-0.3, -0.25) is 4.99 Å². The standard InChI is InChI=1S/C17H35N3O4/c1-18-17(19-7-3-9-22-14-13-21-2)20-8-4-10-24-15-16-5-11-23-12-6-16/h16H,3-15H2,1-2H3,(H2,18,19,20). The Morgan fingerprint density at radius 2 is 1.67 bits per heavy atom. The minimum Gasteiger partial charge on any atom is -0.382 e. The Morgan fingerprint density at radius 1 is 1.00 bits per heavy atom. The minimum absolute atomic E-state index is 0.646. The van der Waals surface area contributed by atoms with Gasteiger partial charge in [0.2, 0.25) is 0 Å². The van der Waals surface area contributed by atoms with E-state index in [1.54, 1.807) is 14.2 Å². The van der Waals surface area contributed by atoms with Crippen molar-refractivity contribution in [2.75, 3.05) is 73.5 Å². The number of hydrogen-bond donors (Lipinski definition) is 2. The van der Waals surface area contributed by atoms with Crippen molar-refractivity contribution in [3.63, 3.8) is 0 Å². The van der Waals surface area contributed by atoms with Gasteiger partial charge < -0.3 is 29.6 Å². The van der Waals surface area contributed by atoms with Gasteiger partial charge in [0.25, 0.3) is 0 Å². The molecule has 142 valence electrons. The Morgan fingerprint density at radius 3 is 2.29 bits per heavy atom. The average Bonchev–Trinajstić information content (AvgIpc) is 2.63. The Balaban J connectivity index is 1.88. The van der Waals surface area contributed by atoms with Gasteiger partial charge in [0.15, 0.2) is 5.96 Å². The average molecular weight is 345 g/mol. The molecule has 1 fully saturated rings. The largest absolute Gasteiger partial charge is 0.382 e. The summed E-state index contributed by atoms with van der Waals surface area (Å²) >= 11 is 0. The van der Waals surface area contributed by atoms with Crippen LogP contribution in [0.1, 0.15) is 25.7 Å². The summed E-state index contributed by atoms with van der Waals surface area (Å²) in [5, 5.41) is 6.57. The van der Waals surface area contributed by atoms with Crippen molar-refractivity contribution in [1.29, 1.82) is 0 Å². The molecule has 0 aromatic rings. The first-order valence-corrected chi connectivity index (χ1v) is 9.03. The number of aliphatic imine (C=N–C) groups is 1. The van der Waals surface area contributed by atoms with E-state index in [2.05, 4.69) is 15.6 Å².